The lowest BCUT2D eigenvalue weighted by molar-refractivity contribution is -0.137. The second kappa shape index (κ2) is 5.61. The van der Waals surface area contributed by atoms with Gasteiger partial charge in [-0.3, -0.25) is 4.79 Å². The summed E-state index contributed by atoms with van der Waals surface area (Å²) in [5, 5.41) is 5.79. The monoisotopic (exact) mass is 272 g/mol. The van der Waals surface area contributed by atoms with Gasteiger partial charge in [0, 0.05) is 18.2 Å². The first-order valence-electron chi connectivity index (χ1n) is 6.15. The highest BCUT2D eigenvalue weighted by Crippen LogP contribution is 2.29. The molecule has 1 aromatic carbocycles. The van der Waals surface area contributed by atoms with Crippen molar-refractivity contribution in [2.75, 3.05) is 11.9 Å². The Bertz CT molecular complexity index is 436. The molecule has 0 aromatic heterocycles. The lowest BCUT2D eigenvalue weighted by Crippen LogP contribution is -2.27. The van der Waals surface area contributed by atoms with E-state index >= 15 is 0 Å². The molecule has 1 aliphatic heterocycles. The maximum absolute atomic E-state index is 12.4. The number of carbonyl (C=O) groups excluding carboxylic acids is 1. The van der Waals surface area contributed by atoms with Gasteiger partial charge in [-0.2, -0.15) is 13.2 Å². The summed E-state index contributed by atoms with van der Waals surface area (Å²) in [6.45, 7) is 0.915. The third kappa shape index (κ3) is 3.96. The minimum absolute atomic E-state index is 0.175. The molecule has 1 atom stereocenters. The zero-order valence-electron chi connectivity index (χ0n) is 10.3. The zero-order valence-corrected chi connectivity index (χ0v) is 10.3. The van der Waals surface area contributed by atoms with Gasteiger partial charge in [-0.25, -0.2) is 0 Å². The van der Waals surface area contributed by atoms with Gasteiger partial charge >= 0.3 is 6.18 Å². The largest absolute Gasteiger partial charge is 0.416 e. The summed E-state index contributed by atoms with van der Waals surface area (Å²) in [5.74, 6) is -0.181. The quantitative estimate of drug-likeness (QED) is 0.888. The predicted molar refractivity (Wildman–Crippen MR) is 65.7 cm³/mol. The third-order valence-electron chi connectivity index (χ3n) is 3.09. The average Bonchev–Trinajstić information content (AvgIpc) is 2.81. The number of hydrogen-bond acceptors (Lipinski definition) is 2. The van der Waals surface area contributed by atoms with Crippen LogP contribution in [0.4, 0.5) is 18.9 Å². The van der Waals surface area contributed by atoms with Crippen LogP contribution in [0.3, 0.4) is 0 Å². The number of alkyl halides is 3. The fourth-order valence-electron chi connectivity index (χ4n) is 2.11. The first kappa shape index (κ1) is 13.9. The highest BCUT2D eigenvalue weighted by atomic mass is 19.4. The van der Waals surface area contributed by atoms with Crippen molar-refractivity contribution >= 4 is 11.6 Å². The molecule has 1 unspecified atom stereocenters. The lowest BCUT2D eigenvalue weighted by atomic mass is 10.1. The van der Waals surface area contributed by atoms with Crippen molar-refractivity contribution in [2.24, 2.45) is 0 Å². The topological polar surface area (TPSA) is 41.1 Å². The molecule has 1 aromatic rings. The summed E-state index contributed by atoms with van der Waals surface area (Å²) in [6, 6.07) is 4.63. The number of rotatable bonds is 3. The predicted octanol–water partition coefficient (Wildman–Crippen LogP) is 2.79. The van der Waals surface area contributed by atoms with E-state index in [1.165, 1.54) is 12.1 Å². The Kier molecular flexibility index (Phi) is 4.09. The summed E-state index contributed by atoms with van der Waals surface area (Å²) >= 11 is 0. The van der Waals surface area contributed by atoms with Crippen LogP contribution in [0.2, 0.25) is 0 Å². The van der Waals surface area contributed by atoms with Gasteiger partial charge in [-0.05, 0) is 43.7 Å². The Hall–Kier alpha value is -1.56. The highest BCUT2D eigenvalue weighted by Gasteiger charge is 2.30. The van der Waals surface area contributed by atoms with E-state index in [-0.39, 0.29) is 11.9 Å². The minimum atomic E-state index is -4.35. The number of amides is 1. The molecule has 2 N–H and O–H groups in total. The van der Waals surface area contributed by atoms with Crippen molar-refractivity contribution in [3.05, 3.63) is 29.8 Å². The van der Waals surface area contributed by atoms with E-state index in [2.05, 4.69) is 10.6 Å². The zero-order chi connectivity index (χ0) is 13.9. The average molecular weight is 272 g/mol. The fourth-order valence-corrected chi connectivity index (χ4v) is 2.11. The maximum atomic E-state index is 12.4. The Morgan fingerprint density at radius 2 is 2.00 bits per heavy atom. The van der Waals surface area contributed by atoms with Crippen molar-refractivity contribution in [3.63, 3.8) is 0 Å². The van der Waals surface area contributed by atoms with Crippen molar-refractivity contribution in [3.8, 4) is 0 Å². The number of benzene rings is 1. The number of carbonyl (C=O) groups is 1. The van der Waals surface area contributed by atoms with Crippen molar-refractivity contribution < 1.29 is 18.0 Å². The summed E-state index contributed by atoms with van der Waals surface area (Å²) in [4.78, 5) is 11.7. The van der Waals surface area contributed by atoms with E-state index < -0.39 is 11.7 Å². The Morgan fingerprint density at radius 1 is 1.32 bits per heavy atom. The molecule has 3 nitrogen and oxygen atoms in total. The highest BCUT2D eigenvalue weighted by molar-refractivity contribution is 5.91. The second-order valence-corrected chi connectivity index (χ2v) is 4.62. The van der Waals surface area contributed by atoms with E-state index in [0.717, 1.165) is 31.5 Å². The molecule has 1 saturated heterocycles. The smallest absolute Gasteiger partial charge is 0.326 e. The van der Waals surface area contributed by atoms with E-state index in [0.29, 0.717) is 12.1 Å². The molecule has 6 heteroatoms. The summed E-state index contributed by atoms with van der Waals surface area (Å²) in [6.07, 6.45) is -1.99. The lowest BCUT2D eigenvalue weighted by Gasteiger charge is -2.11. The molecule has 0 bridgehead atoms. The molecule has 0 aliphatic carbocycles. The molecular formula is C13H15F3N2O. The minimum Gasteiger partial charge on any atom is -0.326 e. The number of nitrogens with one attached hydrogen (secondary N) is 2. The van der Waals surface area contributed by atoms with Gasteiger partial charge in [0.05, 0.1) is 5.56 Å². The van der Waals surface area contributed by atoms with Crippen molar-refractivity contribution in [1.29, 1.82) is 0 Å². The van der Waals surface area contributed by atoms with Crippen LogP contribution < -0.4 is 10.6 Å². The van der Waals surface area contributed by atoms with E-state index in [1.807, 2.05) is 0 Å². The van der Waals surface area contributed by atoms with Gasteiger partial charge in [0.15, 0.2) is 0 Å². The Balaban J connectivity index is 1.90. The van der Waals surface area contributed by atoms with Crippen LogP contribution in [0.25, 0.3) is 0 Å². The molecule has 0 saturated carbocycles. The van der Waals surface area contributed by atoms with Crippen molar-refractivity contribution in [1.82, 2.24) is 5.32 Å². The number of hydrogen-bond donors (Lipinski definition) is 2. The standard InChI is InChI=1S/C13H15F3N2O/c14-13(15,16)9-3-5-10(6-4-9)18-12(19)8-11-2-1-7-17-11/h3-6,11,17H,1-2,7-8H2,(H,18,19). The molecule has 104 valence electrons. The van der Waals surface area contributed by atoms with Gasteiger partial charge in [-0.15, -0.1) is 0 Å². The molecule has 19 heavy (non-hydrogen) atoms. The molecule has 1 aliphatic rings. The van der Waals surface area contributed by atoms with Crippen LogP contribution in [-0.2, 0) is 11.0 Å². The summed E-state index contributed by atoms with van der Waals surface area (Å²) in [5.41, 5.74) is -0.334. The van der Waals surface area contributed by atoms with Crippen LogP contribution >= 0.6 is 0 Å². The van der Waals surface area contributed by atoms with Crippen LogP contribution in [-0.4, -0.2) is 18.5 Å². The summed E-state index contributed by atoms with van der Waals surface area (Å²) in [7, 11) is 0. The SMILES string of the molecule is O=C(CC1CCCN1)Nc1ccc(C(F)(F)F)cc1. The van der Waals surface area contributed by atoms with Gasteiger partial charge in [0.1, 0.15) is 0 Å². The maximum Gasteiger partial charge on any atom is 0.416 e. The van der Waals surface area contributed by atoms with Crippen LogP contribution in [0.1, 0.15) is 24.8 Å². The second-order valence-electron chi connectivity index (χ2n) is 4.62. The van der Waals surface area contributed by atoms with Gasteiger partial charge in [-0.1, -0.05) is 0 Å². The first-order chi connectivity index (χ1) is 8.95. The van der Waals surface area contributed by atoms with E-state index in [1.54, 1.807) is 0 Å². The van der Waals surface area contributed by atoms with Crippen LogP contribution in [0.5, 0.6) is 0 Å². The molecule has 2 rings (SSSR count). The van der Waals surface area contributed by atoms with Crippen LogP contribution in [0, 0.1) is 0 Å². The molecular weight excluding hydrogens is 257 g/mol. The number of anilines is 1. The molecule has 1 amide bonds. The molecule has 1 heterocycles. The number of halogens is 3. The Morgan fingerprint density at radius 3 is 2.53 bits per heavy atom. The molecule has 0 radical (unpaired) electrons. The van der Waals surface area contributed by atoms with E-state index in [4.69, 9.17) is 0 Å². The van der Waals surface area contributed by atoms with Gasteiger partial charge < -0.3 is 10.6 Å². The third-order valence-corrected chi connectivity index (χ3v) is 3.09. The molecule has 0 spiro atoms. The first-order valence-corrected chi connectivity index (χ1v) is 6.15. The van der Waals surface area contributed by atoms with Crippen molar-refractivity contribution in [2.45, 2.75) is 31.5 Å². The Labute approximate surface area is 109 Å². The fraction of sp³-hybridized carbons (Fsp3) is 0.462. The normalized spacial score (nSPS) is 19.4. The van der Waals surface area contributed by atoms with Gasteiger partial charge in [0.25, 0.3) is 0 Å². The van der Waals surface area contributed by atoms with Gasteiger partial charge in [0.2, 0.25) is 5.91 Å². The summed E-state index contributed by atoms with van der Waals surface area (Å²) < 4.78 is 37.1. The van der Waals surface area contributed by atoms with E-state index in [9.17, 15) is 18.0 Å². The van der Waals surface area contributed by atoms with Crippen LogP contribution in [0.15, 0.2) is 24.3 Å². The molecule has 1 fully saturated rings.